The van der Waals surface area contributed by atoms with E-state index < -0.39 is 12.3 Å². The van der Waals surface area contributed by atoms with Gasteiger partial charge in [-0.2, -0.15) is 0 Å². The van der Waals surface area contributed by atoms with E-state index in [0.717, 1.165) is 23.8 Å². The summed E-state index contributed by atoms with van der Waals surface area (Å²) in [6.07, 6.45) is 0.121. The molecule has 3 aromatic carbocycles. The zero-order valence-corrected chi connectivity index (χ0v) is 16.8. The maximum atomic E-state index is 12.2. The Balaban J connectivity index is 2.34. The van der Waals surface area contributed by atoms with Crippen LogP contribution < -0.4 is 9.47 Å². The summed E-state index contributed by atoms with van der Waals surface area (Å²) in [4.78, 5) is 24.3. The zero-order valence-electron chi connectivity index (χ0n) is 16.8. The average molecular weight is 396 g/mol. The standard InChI is InChI=1S/C23H24O6/c1-4-10-15-11-9-14-18-19(15)21(29-23(25)27-6-3)17-13-8-7-12-16(17)20(18)28-22(24)26-5-2/h7-9,11-14H,4-6,10H2,1-3H3. The van der Waals surface area contributed by atoms with E-state index in [1.165, 1.54) is 0 Å². The van der Waals surface area contributed by atoms with Crippen LogP contribution in [0.4, 0.5) is 9.59 Å². The summed E-state index contributed by atoms with van der Waals surface area (Å²) < 4.78 is 21.2. The molecule has 0 aliphatic carbocycles. The molecule has 3 rings (SSSR count). The van der Waals surface area contributed by atoms with Crippen molar-refractivity contribution in [3.8, 4) is 11.5 Å². The number of hydrogen-bond acceptors (Lipinski definition) is 6. The largest absolute Gasteiger partial charge is 0.513 e. The molecule has 0 aliphatic rings. The summed E-state index contributed by atoms with van der Waals surface area (Å²) in [7, 11) is 0. The number of benzene rings is 3. The van der Waals surface area contributed by atoms with Crippen molar-refractivity contribution in [2.24, 2.45) is 0 Å². The van der Waals surface area contributed by atoms with Crippen molar-refractivity contribution in [3.05, 3.63) is 48.0 Å². The third-order valence-electron chi connectivity index (χ3n) is 4.45. The van der Waals surface area contributed by atoms with Gasteiger partial charge in [0.15, 0.2) is 5.75 Å². The molecular formula is C23H24O6. The predicted octanol–water partition coefficient (Wildman–Crippen LogP) is 6.02. The first-order chi connectivity index (χ1) is 14.1. The lowest BCUT2D eigenvalue weighted by atomic mass is 9.95. The molecule has 29 heavy (non-hydrogen) atoms. The van der Waals surface area contributed by atoms with Crippen molar-refractivity contribution in [3.63, 3.8) is 0 Å². The Bertz CT molecular complexity index is 1040. The van der Waals surface area contributed by atoms with E-state index >= 15 is 0 Å². The van der Waals surface area contributed by atoms with Gasteiger partial charge in [0.25, 0.3) is 0 Å². The van der Waals surface area contributed by atoms with Crippen LogP contribution in [0.25, 0.3) is 21.5 Å². The Morgan fingerprint density at radius 2 is 1.28 bits per heavy atom. The topological polar surface area (TPSA) is 71.1 Å². The van der Waals surface area contributed by atoms with Crippen LogP contribution in [0.5, 0.6) is 11.5 Å². The fourth-order valence-electron chi connectivity index (χ4n) is 3.37. The number of carbonyl (C=O) groups is 2. The van der Waals surface area contributed by atoms with Crippen LogP contribution in [0.3, 0.4) is 0 Å². The van der Waals surface area contributed by atoms with Gasteiger partial charge in [-0.25, -0.2) is 9.59 Å². The van der Waals surface area contributed by atoms with E-state index in [-0.39, 0.29) is 13.2 Å². The smallest absolute Gasteiger partial charge is 0.434 e. The van der Waals surface area contributed by atoms with Gasteiger partial charge in [-0.3, -0.25) is 0 Å². The lowest BCUT2D eigenvalue weighted by Gasteiger charge is -2.18. The van der Waals surface area contributed by atoms with E-state index in [0.29, 0.717) is 27.7 Å². The minimum Gasteiger partial charge on any atom is -0.434 e. The molecular weight excluding hydrogens is 372 g/mol. The fraction of sp³-hybridized carbons (Fsp3) is 0.304. The fourth-order valence-corrected chi connectivity index (χ4v) is 3.37. The molecule has 0 unspecified atom stereocenters. The van der Waals surface area contributed by atoms with Crippen molar-refractivity contribution in [1.82, 2.24) is 0 Å². The summed E-state index contributed by atoms with van der Waals surface area (Å²) in [5.74, 6) is 0.775. The van der Waals surface area contributed by atoms with Gasteiger partial charge in [0.05, 0.1) is 13.2 Å². The first-order valence-electron chi connectivity index (χ1n) is 9.76. The normalized spacial score (nSPS) is 10.7. The van der Waals surface area contributed by atoms with E-state index in [1.54, 1.807) is 13.8 Å². The molecule has 6 heteroatoms. The van der Waals surface area contributed by atoms with Crippen LogP contribution in [0.1, 0.15) is 32.8 Å². The second-order valence-corrected chi connectivity index (χ2v) is 6.36. The number of rotatable bonds is 6. The number of fused-ring (bicyclic) bond motifs is 2. The predicted molar refractivity (Wildman–Crippen MR) is 111 cm³/mol. The van der Waals surface area contributed by atoms with Gasteiger partial charge in [-0.15, -0.1) is 0 Å². The molecule has 0 radical (unpaired) electrons. The molecule has 0 fully saturated rings. The van der Waals surface area contributed by atoms with Crippen molar-refractivity contribution in [2.45, 2.75) is 33.6 Å². The minimum atomic E-state index is -0.779. The third-order valence-corrected chi connectivity index (χ3v) is 4.45. The molecule has 3 aromatic rings. The maximum Gasteiger partial charge on any atom is 0.513 e. The second-order valence-electron chi connectivity index (χ2n) is 6.36. The summed E-state index contributed by atoms with van der Waals surface area (Å²) in [6, 6.07) is 13.0. The molecule has 0 saturated heterocycles. The monoisotopic (exact) mass is 396 g/mol. The molecule has 0 amide bonds. The molecule has 0 N–H and O–H groups in total. The highest BCUT2D eigenvalue weighted by molar-refractivity contribution is 6.13. The van der Waals surface area contributed by atoms with Gasteiger partial charge in [0.2, 0.25) is 0 Å². The first-order valence-corrected chi connectivity index (χ1v) is 9.76. The quantitative estimate of drug-likeness (QED) is 0.288. The van der Waals surface area contributed by atoms with E-state index in [4.69, 9.17) is 18.9 Å². The molecule has 0 aliphatic heterocycles. The highest BCUT2D eigenvalue weighted by Crippen LogP contribution is 2.44. The summed E-state index contributed by atoms with van der Waals surface area (Å²) >= 11 is 0. The van der Waals surface area contributed by atoms with E-state index in [1.807, 2.05) is 42.5 Å². The van der Waals surface area contributed by atoms with E-state index in [2.05, 4.69) is 6.92 Å². The highest BCUT2D eigenvalue weighted by atomic mass is 16.7. The van der Waals surface area contributed by atoms with Crippen molar-refractivity contribution in [1.29, 1.82) is 0 Å². The summed E-state index contributed by atoms with van der Waals surface area (Å²) in [5.41, 5.74) is 0.990. The second kappa shape index (κ2) is 9.28. The molecule has 0 spiro atoms. The van der Waals surface area contributed by atoms with Crippen molar-refractivity contribution in [2.75, 3.05) is 13.2 Å². The molecule has 6 nitrogen and oxygen atoms in total. The van der Waals surface area contributed by atoms with Gasteiger partial charge in [0, 0.05) is 21.5 Å². The third kappa shape index (κ3) is 4.26. The lowest BCUT2D eigenvalue weighted by Crippen LogP contribution is -2.13. The van der Waals surface area contributed by atoms with Gasteiger partial charge in [-0.05, 0) is 25.8 Å². The Hall–Kier alpha value is -3.28. The highest BCUT2D eigenvalue weighted by Gasteiger charge is 2.22. The molecule has 0 aromatic heterocycles. The van der Waals surface area contributed by atoms with Crippen molar-refractivity contribution >= 4 is 33.9 Å². The molecule has 0 bridgehead atoms. The number of hydrogen-bond donors (Lipinski definition) is 0. The Morgan fingerprint density at radius 3 is 1.86 bits per heavy atom. The average Bonchev–Trinajstić information content (AvgIpc) is 2.71. The lowest BCUT2D eigenvalue weighted by molar-refractivity contribution is 0.103. The number of ether oxygens (including phenoxy) is 4. The van der Waals surface area contributed by atoms with Crippen LogP contribution in [0, 0.1) is 0 Å². The molecule has 0 atom stereocenters. The number of carbonyl (C=O) groups excluding carboxylic acids is 2. The SMILES string of the molecule is CCCc1cccc2c(OC(=O)OCC)c3ccccc3c(OC(=O)OCC)c12. The summed E-state index contributed by atoms with van der Waals surface area (Å²) in [6.45, 7) is 5.92. The van der Waals surface area contributed by atoms with Gasteiger partial charge >= 0.3 is 12.3 Å². The summed E-state index contributed by atoms with van der Waals surface area (Å²) in [5, 5.41) is 2.68. The first kappa shape index (κ1) is 20.5. The van der Waals surface area contributed by atoms with Crippen LogP contribution >= 0.6 is 0 Å². The van der Waals surface area contributed by atoms with Crippen molar-refractivity contribution < 1.29 is 28.5 Å². The minimum absolute atomic E-state index is 0.208. The van der Waals surface area contributed by atoms with Gasteiger partial charge in [-0.1, -0.05) is 55.8 Å². The number of aryl methyl sites for hydroxylation is 1. The van der Waals surface area contributed by atoms with E-state index in [9.17, 15) is 9.59 Å². The van der Waals surface area contributed by atoms with Gasteiger partial charge in [0.1, 0.15) is 5.75 Å². The zero-order chi connectivity index (χ0) is 20.8. The van der Waals surface area contributed by atoms with Crippen LogP contribution in [-0.2, 0) is 15.9 Å². The van der Waals surface area contributed by atoms with Gasteiger partial charge < -0.3 is 18.9 Å². The van der Waals surface area contributed by atoms with Crippen LogP contribution in [0.2, 0.25) is 0 Å². The Morgan fingerprint density at radius 1 is 0.724 bits per heavy atom. The van der Waals surface area contributed by atoms with Crippen LogP contribution in [0.15, 0.2) is 42.5 Å². The molecule has 152 valence electrons. The van der Waals surface area contributed by atoms with Crippen LogP contribution in [-0.4, -0.2) is 25.5 Å². The molecule has 0 saturated carbocycles. The Kier molecular flexibility index (Phi) is 6.54. The Labute approximate surface area is 169 Å². The molecule has 0 heterocycles. The maximum absolute atomic E-state index is 12.2.